The number of imidazole rings is 1. The van der Waals surface area contributed by atoms with E-state index < -0.39 is 0 Å². The molecule has 0 saturated carbocycles. The third kappa shape index (κ3) is 2.64. The van der Waals surface area contributed by atoms with Crippen LogP contribution in [0.2, 0.25) is 0 Å². The van der Waals surface area contributed by atoms with Crippen LogP contribution in [0.3, 0.4) is 0 Å². The summed E-state index contributed by atoms with van der Waals surface area (Å²) in [5.41, 5.74) is 7.14. The van der Waals surface area contributed by atoms with E-state index in [2.05, 4.69) is 79.8 Å². The normalized spacial score (nSPS) is 11.5. The Kier molecular flexibility index (Phi) is 3.99. The Bertz CT molecular complexity index is 782. The Morgan fingerprint density at radius 1 is 1.09 bits per heavy atom. The number of pyridine rings is 1. The molecule has 0 aliphatic rings. The van der Waals surface area contributed by atoms with E-state index in [1.54, 1.807) is 0 Å². The number of nitrogens with zero attached hydrogens (tertiary/aromatic N) is 3. The van der Waals surface area contributed by atoms with Crippen LogP contribution in [0.1, 0.15) is 23.7 Å². The maximum absolute atomic E-state index is 4.93. The second-order valence-electron chi connectivity index (χ2n) is 6.08. The van der Waals surface area contributed by atoms with Gasteiger partial charge in [-0.3, -0.25) is 0 Å². The van der Waals surface area contributed by atoms with Crippen LogP contribution in [0, 0.1) is 6.92 Å². The quantitative estimate of drug-likeness (QED) is 0.726. The van der Waals surface area contributed by atoms with Gasteiger partial charge in [0.2, 0.25) is 0 Å². The van der Waals surface area contributed by atoms with E-state index in [1.165, 1.54) is 22.4 Å². The van der Waals surface area contributed by atoms with Crippen molar-refractivity contribution in [3.63, 3.8) is 0 Å². The molecule has 0 aliphatic carbocycles. The Labute approximate surface area is 132 Å². The van der Waals surface area contributed by atoms with Gasteiger partial charge in [-0.2, -0.15) is 0 Å². The molecule has 0 aliphatic heterocycles. The molecule has 3 aromatic rings. The van der Waals surface area contributed by atoms with Crippen molar-refractivity contribution in [3.8, 4) is 11.3 Å². The molecule has 0 N–H and O–H groups in total. The van der Waals surface area contributed by atoms with Crippen LogP contribution in [0.4, 0.5) is 0 Å². The lowest BCUT2D eigenvalue weighted by atomic mass is 10.1. The van der Waals surface area contributed by atoms with Crippen LogP contribution in [-0.4, -0.2) is 28.4 Å². The van der Waals surface area contributed by atoms with Gasteiger partial charge >= 0.3 is 0 Å². The fourth-order valence-electron chi connectivity index (χ4n) is 2.83. The number of rotatable bonds is 4. The van der Waals surface area contributed by atoms with Gasteiger partial charge in [-0.05, 0) is 44.6 Å². The highest BCUT2D eigenvalue weighted by molar-refractivity contribution is 5.68. The first-order chi connectivity index (χ1) is 10.6. The van der Waals surface area contributed by atoms with Gasteiger partial charge in [0.1, 0.15) is 5.65 Å². The highest BCUT2D eigenvalue weighted by atomic mass is 15.1. The average molecular weight is 293 g/mol. The van der Waals surface area contributed by atoms with Gasteiger partial charge < -0.3 is 9.30 Å². The van der Waals surface area contributed by atoms with Crippen LogP contribution in [-0.2, 0) is 13.0 Å². The van der Waals surface area contributed by atoms with Crippen LogP contribution in [0.15, 0.2) is 42.6 Å². The summed E-state index contributed by atoms with van der Waals surface area (Å²) in [6.07, 6.45) is 3.17. The van der Waals surface area contributed by atoms with Gasteiger partial charge in [-0.25, -0.2) is 4.98 Å². The lowest BCUT2D eigenvalue weighted by Gasteiger charge is -2.11. The number of hydrogen-bond acceptors (Lipinski definition) is 2. The van der Waals surface area contributed by atoms with Crippen LogP contribution in [0.5, 0.6) is 0 Å². The van der Waals surface area contributed by atoms with Gasteiger partial charge in [0.25, 0.3) is 0 Å². The van der Waals surface area contributed by atoms with E-state index >= 15 is 0 Å². The van der Waals surface area contributed by atoms with Crippen molar-refractivity contribution < 1.29 is 0 Å². The lowest BCUT2D eigenvalue weighted by Crippen LogP contribution is -2.13. The van der Waals surface area contributed by atoms with Gasteiger partial charge in [0.05, 0.1) is 11.4 Å². The van der Waals surface area contributed by atoms with E-state index in [1.807, 2.05) is 0 Å². The first-order valence-electron chi connectivity index (χ1n) is 7.80. The monoisotopic (exact) mass is 293 g/mol. The molecule has 3 nitrogen and oxygen atoms in total. The fraction of sp³-hybridized carbons (Fsp3) is 0.316. The maximum Gasteiger partial charge on any atom is 0.140 e. The smallest absolute Gasteiger partial charge is 0.140 e. The topological polar surface area (TPSA) is 20.5 Å². The standard InChI is InChI=1S/C19H23N3/c1-5-15-8-10-16(11-9-15)18-17(13-21(3)4)22-12-6-7-14(2)19(22)20-18/h6-12H,5,13H2,1-4H3. The fourth-order valence-corrected chi connectivity index (χ4v) is 2.83. The van der Waals surface area contributed by atoms with Gasteiger partial charge in [-0.1, -0.05) is 37.3 Å². The zero-order valence-corrected chi connectivity index (χ0v) is 13.8. The third-order valence-corrected chi connectivity index (χ3v) is 4.05. The molecule has 0 fully saturated rings. The predicted molar refractivity (Wildman–Crippen MR) is 92.1 cm³/mol. The molecular weight excluding hydrogens is 270 g/mol. The minimum Gasteiger partial charge on any atom is -0.304 e. The number of benzene rings is 1. The zero-order valence-electron chi connectivity index (χ0n) is 13.8. The van der Waals surface area contributed by atoms with Crippen molar-refractivity contribution in [2.45, 2.75) is 26.8 Å². The summed E-state index contributed by atoms with van der Waals surface area (Å²) in [4.78, 5) is 7.12. The van der Waals surface area contributed by atoms with Gasteiger partial charge in [0.15, 0.2) is 0 Å². The molecule has 0 saturated heterocycles. The summed E-state index contributed by atoms with van der Waals surface area (Å²) in [6.45, 7) is 5.17. The van der Waals surface area contributed by atoms with Crippen molar-refractivity contribution >= 4 is 5.65 Å². The molecule has 0 radical (unpaired) electrons. The zero-order chi connectivity index (χ0) is 15.7. The highest BCUT2D eigenvalue weighted by Gasteiger charge is 2.15. The van der Waals surface area contributed by atoms with Crippen LogP contribution in [0.25, 0.3) is 16.9 Å². The summed E-state index contributed by atoms with van der Waals surface area (Å²) < 4.78 is 2.22. The van der Waals surface area contributed by atoms with Crippen molar-refractivity contribution in [3.05, 3.63) is 59.4 Å². The summed E-state index contributed by atoms with van der Waals surface area (Å²) >= 11 is 0. The van der Waals surface area contributed by atoms with Crippen LogP contribution < -0.4 is 0 Å². The molecule has 0 spiro atoms. The minimum absolute atomic E-state index is 0.871. The molecule has 0 amide bonds. The Hall–Kier alpha value is -2.13. The lowest BCUT2D eigenvalue weighted by molar-refractivity contribution is 0.396. The first-order valence-corrected chi connectivity index (χ1v) is 7.80. The molecular formula is C19H23N3. The summed E-state index contributed by atoms with van der Waals surface area (Å²) in [7, 11) is 4.19. The SMILES string of the molecule is CCc1ccc(-c2nc3c(C)cccn3c2CN(C)C)cc1. The second kappa shape index (κ2) is 5.93. The summed E-state index contributed by atoms with van der Waals surface area (Å²) in [5.74, 6) is 0. The van der Waals surface area contributed by atoms with E-state index in [-0.39, 0.29) is 0 Å². The molecule has 0 bridgehead atoms. The predicted octanol–water partition coefficient (Wildman–Crippen LogP) is 3.93. The Morgan fingerprint density at radius 2 is 1.82 bits per heavy atom. The van der Waals surface area contributed by atoms with E-state index in [4.69, 9.17) is 4.98 Å². The molecule has 2 aromatic heterocycles. The number of aromatic nitrogens is 2. The van der Waals surface area contributed by atoms with Crippen molar-refractivity contribution in [1.29, 1.82) is 0 Å². The highest BCUT2D eigenvalue weighted by Crippen LogP contribution is 2.27. The largest absolute Gasteiger partial charge is 0.304 e. The molecule has 114 valence electrons. The van der Waals surface area contributed by atoms with E-state index in [9.17, 15) is 0 Å². The Morgan fingerprint density at radius 3 is 2.45 bits per heavy atom. The van der Waals surface area contributed by atoms with Crippen LogP contribution >= 0.6 is 0 Å². The number of fused-ring (bicyclic) bond motifs is 1. The molecule has 1 aromatic carbocycles. The summed E-state index contributed by atoms with van der Waals surface area (Å²) in [5, 5.41) is 0. The second-order valence-corrected chi connectivity index (χ2v) is 6.08. The number of aryl methyl sites for hydroxylation is 2. The number of hydrogen-bond donors (Lipinski definition) is 0. The van der Waals surface area contributed by atoms with Gasteiger partial charge in [0, 0.05) is 18.3 Å². The minimum atomic E-state index is 0.871. The van der Waals surface area contributed by atoms with E-state index in [0.29, 0.717) is 0 Å². The third-order valence-electron chi connectivity index (χ3n) is 4.05. The molecule has 2 heterocycles. The molecule has 0 unspecified atom stereocenters. The molecule has 22 heavy (non-hydrogen) atoms. The van der Waals surface area contributed by atoms with Crippen molar-refractivity contribution in [2.75, 3.05) is 14.1 Å². The molecule has 3 heteroatoms. The average Bonchev–Trinajstić information content (AvgIpc) is 2.87. The summed E-state index contributed by atoms with van der Waals surface area (Å²) in [6, 6.07) is 13.0. The first kappa shape index (κ1) is 14.8. The van der Waals surface area contributed by atoms with E-state index in [0.717, 1.165) is 24.3 Å². The van der Waals surface area contributed by atoms with Gasteiger partial charge in [-0.15, -0.1) is 0 Å². The molecule has 0 atom stereocenters. The maximum atomic E-state index is 4.93. The van der Waals surface area contributed by atoms with Crippen molar-refractivity contribution in [2.24, 2.45) is 0 Å². The van der Waals surface area contributed by atoms with Crippen molar-refractivity contribution in [1.82, 2.24) is 14.3 Å². The Balaban J connectivity index is 2.20. The molecule has 3 rings (SSSR count).